The molecule has 1 unspecified atom stereocenters. The van der Waals surface area contributed by atoms with Gasteiger partial charge in [0.1, 0.15) is 0 Å². The highest BCUT2D eigenvalue weighted by Gasteiger charge is 2.18. The minimum absolute atomic E-state index is 0.116. The second kappa shape index (κ2) is 3.96. The molecule has 1 atom stereocenters. The van der Waals surface area contributed by atoms with Gasteiger partial charge in [0, 0.05) is 6.61 Å². The van der Waals surface area contributed by atoms with Crippen molar-refractivity contribution >= 4 is 6.08 Å². The molecule has 1 saturated heterocycles. The van der Waals surface area contributed by atoms with Gasteiger partial charge in [-0.05, 0) is 37.8 Å². The summed E-state index contributed by atoms with van der Waals surface area (Å²) in [5.41, 5.74) is 2.24. The molecule has 14 heavy (non-hydrogen) atoms. The first kappa shape index (κ1) is 9.46. The van der Waals surface area contributed by atoms with Crippen LogP contribution in [-0.2, 0) is 4.74 Å². The molecule has 0 aliphatic carbocycles. The topological polar surface area (TPSA) is 27.1 Å². The highest BCUT2D eigenvalue weighted by molar-refractivity contribution is 5.46. The van der Waals surface area contributed by atoms with Crippen LogP contribution in [0.3, 0.4) is 0 Å². The van der Waals surface area contributed by atoms with E-state index in [2.05, 4.69) is 11.7 Å². The maximum Gasteiger partial charge on any atom is 0.150 e. The Balaban J connectivity index is 2.25. The third-order valence-electron chi connectivity index (χ3n) is 2.65. The van der Waals surface area contributed by atoms with Crippen molar-refractivity contribution in [2.45, 2.75) is 32.4 Å². The SMILES string of the molecule is C=Cc1c(C)cnn1C1CCCCO1. The summed E-state index contributed by atoms with van der Waals surface area (Å²) in [6.45, 7) is 6.70. The third kappa shape index (κ3) is 1.60. The Labute approximate surface area is 84.4 Å². The molecule has 1 fully saturated rings. The molecule has 0 bridgehead atoms. The number of ether oxygens (including phenoxy) is 1. The fourth-order valence-corrected chi connectivity index (χ4v) is 1.86. The first-order chi connectivity index (χ1) is 6.83. The van der Waals surface area contributed by atoms with Crippen molar-refractivity contribution in [3.05, 3.63) is 24.0 Å². The van der Waals surface area contributed by atoms with E-state index in [9.17, 15) is 0 Å². The second-order valence-corrected chi connectivity index (χ2v) is 3.68. The number of hydrogen-bond donors (Lipinski definition) is 0. The number of rotatable bonds is 2. The van der Waals surface area contributed by atoms with Crippen LogP contribution >= 0.6 is 0 Å². The smallest absolute Gasteiger partial charge is 0.150 e. The highest BCUT2D eigenvalue weighted by atomic mass is 16.5. The van der Waals surface area contributed by atoms with Crippen molar-refractivity contribution in [2.24, 2.45) is 0 Å². The van der Waals surface area contributed by atoms with Gasteiger partial charge in [-0.2, -0.15) is 5.10 Å². The van der Waals surface area contributed by atoms with E-state index in [1.165, 1.54) is 12.8 Å². The first-order valence-corrected chi connectivity index (χ1v) is 5.11. The van der Waals surface area contributed by atoms with Crippen LogP contribution in [0.1, 0.15) is 36.7 Å². The molecule has 0 aromatic carbocycles. The lowest BCUT2D eigenvalue weighted by atomic mass is 10.2. The van der Waals surface area contributed by atoms with Gasteiger partial charge in [-0.1, -0.05) is 6.58 Å². The summed E-state index contributed by atoms with van der Waals surface area (Å²) in [7, 11) is 0. The summed E-state index contributed by atoms with van der Waals surface area (Å²) < 4.78 is 7.62. The Morgan fingerprint density at radius 3 is 3.14 bits per heavy atom. The maximum absolute atomic E-state index is 5.67. The lowest BCUT2D eigenvalue weighted by Crippen LogP contribution is -2.20. The van der Waals surface area contributed by atoms with Gasteiger partial charge in [-0.3, -0.25) is 0 Å². The molecular weight excluding hydrogens is 176 g/mol. The fraction of sp³-hybridized carbons (Fsp3) is 0.545. The summed E-state index contributed by atoms with van der Waals surface area (Å²) in [4.78, 5) is 0. The Bertz CT molecular complexity index is 324. The van der Waals surface area contributed by atoms with Crippen LogP contribution < -0.4 is 0 Å². The summed E-state index contributed by atoms with van der Waals surface area (Å²) in [5.74, 6) is 0. The van der Waals surface area contributed by atoms with Crippen molar-refractivity contribution in [3.63, 3.8) is 0 Å². The standard InChI is InChI=1S/C11H16N2O/c1-3-10-9(2)8-12-13(10)11-6-4-5-7-14-11/h3,8,11H,1,4-7H2,2H3. The largest absolute Gasteiger partial charge is 0.356 e. The van der Waals surface area contributed by atoms with E-state index in [0.29, 0.717) is 0 Å². The molecule has 2 heterocycles. The monoisotopic (exact) mass is 192 g/mol. The van der Waals surface area contributed by atoms with Crippen molar-refractivity contribution in [3.8, 4) is 0 Å². The van der Waals surface area contributed by atoms with Crippen LogP contribution in [-0.4, -0.2) is 16.4 Å². The van der Waals surface area contributed by atoms with Gasteiger partial charge in [0.2, 0.25) is 0 Å². The van der Waals surface area contributed by atoms with Gasteiger partial charge in [0.05, 0.1) is 11.9 Å². The van der Waals surface area contributed by atoms with E-state index >= 15 is 0 Å². The first-order valence-electron chi connectivity index (χ1n) is 5.11. The van der Waals surface area contributed by atoms with Crippen LogP contribution in [0.2, 0.25) is 0 Å². The molecule has 0 amide bonds. The predicted octanol–water partition coefficient (Wildman–Crippen LogP) is 2.53. The quantitative estimate of drug-likeness (QED) is 0.720. The minimum Gasteiger partial charge on any atom is -0.356 e. The molecule has 1 aromatic rings. The summed E-state index contributed by atoms with van der Waals surface area (Å²) in [5, 5.41) is 4.33. The van der Waals surface area contributed by atoms with Gasteiger partial charge in [0.15, 0.2) is 6.23 Å². The Morgan fingerprint density at radius 1 is 1.64 bits per heavy atom. The molecule has 0 N–H and O–H groups in total. The molecule has 1 aromatic heterocycles. The third-order valence-corrected chi connectivity index (χ3v) is 2.65. The lowest BCUT2D eigenvalue weighted by molar-refractivity contribution is -0.0398. The molecule has 3 heteroatoms. The van der Waals surface area contributed by atoms with Gasteiger partial charge < -0.3 is 4.74 Å². The van der Waals surface area contributed by atoms with Crippen LogP contribution in [0.25, 0.3) is 6.08 Å². The van der Waals surface area contributed by atoms with Gasteiger partial charge >= 0.3 is 0 Å². The molecule has 0 saturated carbocycles. The predicted molar refractivity (Wildman–Crippen MR) is 55.9 cm³/mol. The zero-order valence-corrected chi connectivity index (χ0v) is 8.57. The average molecular weight is 192 g/mol. The summed E-state index contributed by atoms with van der Waals surface area (Å²) >= 11 is 0. The van der Waals surface area contributed by atoms with Crippen molar-refractivity contribution in [2.75, 3.05) is 6.61 Å². The molecule has 0 spiro atoms. The number of hydrogen-bond acceptors (Lipinski definition) is 2. The van der Waals surface area contributed by atoms with E-state index in [0.717, 1.165) is 24.3 Å². The fourth-order valence-electron chi connectivity index (χ4n) is 1.86. The van der Waals surface area contributed by atoms with Crippen LogP contribution in [0.5, 0.6) is 0 Å². The van der Waals surface area contributed by atoms with E-state index in [1.807, 2.05) is 23.9 Å². The Kier molecular flexibility index (Phi) is 2.68. The van der Waals surface area contributed by atoms with Crippen LogP contribution in [0, 0.1) is 6.92 Å². The van der Waals surface area contributed by atoms with Crippen LogP contribution in [0.15, 0.2) is 12.8 Å². The normalized spacial score (nSPS) is 22.2. The Hall–Kier alpha value is -1.09. The van der Waals surface area contributed by atoms with E-state index in [-0.39, 0.29) is 6.23 Å². The molecule has 0 radical (unpaired) electrons. The molecule has 1 aliphatic rings. The van der Waals surface area contributed by atoms with Crippen molar-refractivity contribution in [1.29, 1.82) is 0 Å². The van der Waals surface area contributed by atoms with Gasteiger partial charge in [0.25, 0.3) is 0 Å². The number of aryl methyl sites for hydroxylation is 1. The Morgan fingerprint density at radius 2 is 2.50 bits per heavy atom. The van der Waals surface area contributed by atoms with E-state index in [4.69, 9.17) is 4.74 Å². The lowest BCUT2D eigenvalue weighted by Gasteiger charge is -2.24. The van der Waals surface area contributed by atoms with Gasteiger partial charge in [-0.15, -0.1) is 0 Å². The molecule has 1 aliphatic heterocycles. The van der Waals surface area contributed by atoms with E-state index < -0.39 is 0 Å². The zero-order chi connectivity index (χ0) is 9.97. The average Bonchev–Trinajstić information content (AvgIpc) is 2.61. The van der Waals surface area contributed by atoms with Crippen molar-refractivity contribution < 1.29 is 4.74 Å². The number of nitrogens with zero attached hydrogens (tertiary/aromatic N) is 2. The van der Waals surface area contributed by atoms with Crippen molar-refractivity contribution in [1.82, 2.24) is 9.78 Å². The molecule has 2 rings (SSSR count). The highest BCUT2D eigenvalue weighted by Crippen LogP contribution is 2.24. The second-order valence-electron chi connectivity index (χ2n) is 3.68. The molecule has 3 nitrogen and oxygen atoms in total. The van der Waals surface area contributed by atoms with E-state index in [1.54, 1.807) is 0 Å². The van der Waals surface area contributed by atoms with Gasteiger partial charge in [-0.25, -0.2) is 4.68 Å². The zero-order valence-electron chi connectivity index (χ0n) is 8.57. The maximum atomic E-state index is 5.67. The summed E-state index contributed by atoms with van der Waals surface area (Å²) in [6.07, 6.45) is 7.28. The molecule has 76 valence electrons. The summed E-state index contributed by atoms with van der Waals surface area (Å²) in [6, 6.07) is 0. The molecular formula is C11H16N2O. The van der Waals surface area contributed by atoms with Crippen LogP contribution in [0.4, 0.5) is 0 Å². The number of aromatic nitrogens is 2. The minimum atomic E-state index is 0.116.